The Hall–Kier alpha value is -2.28. The van der Waals surface area contributed by atoms with Gasteiger partial charge in [-0.15, -0.1) is 0 Å². The molecule has 0 unspecified atom stereocenters. The van der Waals surface area contributed by atoms with E-state index in [4.69, 9.17) is 0 Å². The summed E-state index contributed by atoms with van der Waals surface area (Å²) in [5.74, 6) is -0.327. The van der Waals surface area contributed by atoms with Gasteiger partial charge in [-0.1, -0.05) is 0 Å². The molecular weight excluding hydrogens is 326 g/mol. The predicted octanol–water partition coefficient (Wildman–Crippen LogP) is 3.03. The highest BCUT2D eigenvalue weighted by molar-refractivity contribution is 9.10. The van der Waals surface area contributed by atoms with E-state index in [9.17, 15) is 14.9 Å². The first-order chi connectivity index (χ1) is 9.50. The molecule has 0 radical (unpaired) electrons. The fraction of sp³-hybridized carbons (Fsp3) is 0.0769. The van der Waals surface area contributed by atoms with Crippen molar-refractivity contribution in [2.24, 2.45) is 0 Å². The Kier molecular flexibility index (Phi) is 4.09. The summed E-state index contributed by atoms with van der Waals surface area (Å²) in [5, 5.41) is 10.9. The van der Waals surface area contributed by atoms with Crippen LogP contribution in [0.25, 0.3) is 0 Å². The Balaban J connectivity index is 2.34. The maximum atomic E-state index is 12.3. The summed E-state index contributed by atoms with van der Waals surface area (Å²) in [5.41, 5.74) is 0.772. The number of aromatic nitrogens is 1. The van der Waals surface area contributed by atoms with E-state index in [1.165, 1.54) is 23.1 Å². The average Bonchev–Trinajstić information content (AvgIpc) is 2.47. The van der Waals surface area contributed by atoms with Crippen molar-refractivity contribution >= 4 is 33.2 Å². The van der Waals surface area contributed by atoms with E-state index in [-0.39, 0.29) is 17.2 Å². The summed E-state index contributed by atoms with van der Waals surface area (Å²) in [6.07, 6.45) is 3.15. The van der Waals surface area contributed by atoms with Gasteiger partial charge in [0.2, 0.25) is 0 Å². The predicted molar refractivity (Wildman–Crippen MR) is 77.8 cm³/mol. The standard InChI is InChI=1S/C13H10BrN3O3/c1-16(10-4-6-15-7-5-10)13(18)9-2-3-11(14)12(8-9)17(19)20/h2-8H,1H3. The number of hydrogen-bond donors (Lipinski definition) is 0. The molecule has 0 saturated carbocycles. The molecule has 1 amide bonds. The summed E-state index contributed by atoms with van der Waals surface area (Å²) in [6.45, 7) is 0. The average molecular weight is 336 g/mol. The van der Waals surface area contributed by atoms with Gasteiger partial charge in [-0.2, -0.15) is 0 Å². The highest BCUT2D eigenvalue weighted by Crippen LogP contribution is 2.26. The molecule has 20 heavy (non-hydrogen) atoms. The second-order valence-electron chi connectivity index (χ2n) is 3.99. The first kappa shape index (κ1) is 14.1. The molecule has 1 heterocycles. The zero-order valence-electron chi connectivity index (χ0n) is 10.5. The number of rotatable bonds is 3. The van der Waals surface area contributed by atoms with E-state index in [1.807, 2.05) is 0 Å². The summed E-state index contributed by atoms with van der Waals surface area (Å²) in [7, 11) is 1.60. The molecule has 2 rings (SSSR count). The number of nitrogens with zero attached hydrogens (tertiary/aromatic N) is 3. The number of carbonyl (C=O) groups is 1. The van der Waals surface area contributed by atoms with Gasteiger partial charge in [0.05, 0.1) is 9.40 Å². The van der Waals surface area contributed by atoms with Crippen molar-refractivity contribution in [3.8, 4) is 0 Å². The minimum absolute atomic E-state index is 0.140. The molecule has 0 saturated heterocycles. The molecule has 0 N–H and O–H groups in total. The lowest BCUT2D eigenvalue weighted by Gasteiger charge is -2.17. The van der Waals surface area contributed by atoms with Crippen LogP contribution in [-0.4, -0.2) is 22.9 Å². The van der Waals surface area contributed by atoms with E-state index in [0.29, 0.717) is 10.2 Å². The van der Waals surface area contributed by atoms with Crippen molar-refractivity contribution in [2.45, 2.75) is 0 Å². The molecule has 0 spiro atoms. The van der Waals surface area contributed by atoms with E-state index < -0.39 is 4.92 Å². The van der Waals surface area contributed by atoms with Gasteiger partial charge in [0.25, 0.3) is 11.6 Å². The Labute approximate surface area is 123 Å². The lowest BCUT2D eigenvalue weighted by atomic mass is 10.1. The summed E-state index contributed by atoms with van der Waals surface area (Å²) in [4.78, 5) is 27.9. The fourth-order valence-corrected chi connectivity index (χ4v) is 2.06. The number of hydrogen-bond acceptors (Lipinski definition) is 4. The van der Waals surface area contributed by atoms with Crippen LogP contribution in [0.5, 0.6) is 0 Å². The SMILES string of the molecule is CN(C(=O)c1ccc(Br)c([N+](=O)[O-])c1)c1ccncc1. The molecule has 0 bridgehead atoms. The molecule has 6 nitrogen and oxygen atoms in total. The minimum Gasteiger partial charge on any atom is -0.311 e. The smallest absolute Gasteiger partial charge is 0.284 e. The molecule has 0 atom stereocenters. The number of anilines is 1. The quantitative estimate of drug-likeness (QED) is 0.638. The van der Waals surface area contributed by atoms with Gasteiger partial charge in [0.15, 0.2) is 0 Å². The Morgan fingerprint density at radius 3 is 2.55 bits per heavy atom. The largest absolute Gasteiger partial charge is 0.311 e. The zero-order valence-corrected chi connectivity index (χ0v) is 12.1. The maximum Gasteiger partial charge on any atom is 0.284 e. The van der Waals surface area contributed by atoms with Crippen molar-refractivity contribution in [3.05, 3.63) is 62.9 Å². The van der Waals surface area contributed by atoms with Gasteiger partial charge in [-0.3, -0.25) is 19.9 Å². The van der Waals surface area contributed by atoms with Crippen LogP contribution in [0.1, 0.15) is 10.4 Å². The molecular formula is C13H10BrN3O3. The van der Waals surface area contributed by atoms with E-state index in [2.05, 4.69) is 20.9 Å². The lowest BCUT2D eigenvalue weighted by molar-refractivity contribution is -0.385. The van der Waals surface area contributed by atoms with E-state index in [1.54, 1.807) is 31.6 Å². The maximum absolute atomic E-state index is 12.3. The van der Waals surface area contributed by atoms with Crippen molar-refractivity contribution in [3.63, 3.8) is 0 Å². The van der Waals surface area contributed by atoms with Crippen LogP contribution in [0.4, 0.5) is 11.4 Å². The Morgan fingerprint density at radius 2 is 1.95 bits per heavy atom. The highest BCUT2D eigenvalue weighted by Gasteiger charge is 2.19. The van der Waals surface area contributed by atoms with Crippen LogP contribution in [0.15, 0.2) is 47.2 Å². The molecule has 102 valence electrons. The number of halogens is 1. The monoisotopic (exact) mass is 335 g/mol. The van der Waals surface area contributed by atoms with Crippen LogP contribution in [0.3, 0.4) is 0 Å². The molecule has 0 fully saturated rings. The number of nitro benzene ring substituents is 1. The van der Waals surface area contributed by atoms with Crippen LogP contribution in [0, 0.1) is 10.1 Å². The first-order valence-electron chi connectivity index (χ1n) is 5.62. The van der Waals surface area contributed by atoms with Crippen molar-refractivity contribution in [1.82, 2.24) is 4.98 Å². The summed E-state index contributed by atoms with van der Waals surface area (Å²) in [6, 6.07) is 7.66. The first-order valence-corrected chi connectivity index (χ1v) is 6.42. The van der Waals surface area contributed by atoms with E-state index in [0.717, 1.165) is 0 Å². The third kappa shape index (κ3) is 2.83. The zero-order chi connectivity index (χ0) is 14.7. The molecule has 0 aliphatic carbocycles. The number of benzene rings is 1. The fourth-order valence-electron chi connectivity index (χ4n) is 1.66. The van der Waals surface area contributed by atoms with E-state index >= 15 is 0 Å². The molecule has 7 heteroatoms. The topological polar surface area (TPSA) is 76.3 Å². The number of nitro groups is 1. The normalized spacial score (nSPS) is 10.1. The minimum atomic E-state index is -0.534. The molecule has 0 aliphatic rings. The number of amides is 1. The van der Waals surface area contributed by atoms with Crippen LogP contribution < -0.4 is 4.90 Å². The van der Waals surface area contributed by atoms with Crippen LogP contribution in [0.2, 0.25) is 0 Å². The van der Waals surface area contributed by atoms with Crippen molar-refractivity contribution < 1.29 is 9.72 Å². The molecule has 1 aromatic carbocycles. The van der Waals surface area contributed by atoms with Crippen LogP contribution in [-0.2, 0) is 0 Å². The second-order valence-corrected chi connectivity index (χ2v) is 4.85. The highest BCUT2D eigenvalue weighted by atomic mass is 79.9. The van der Waals surface area contributed by atoms with Gasteiger partial charge in [0, 0.05) is 36.8 Å². The summed E-state index contributed by atoms with van der Waals surface area (Å²) < 4.78 is 0.339. The van der Waals surface area contributed by atoms with Gasteiger partial charge >= 0.3 is 0 Å². The van der Waals surface area contributed by atoms with Gasteiger partial charge in [-0.05, 0) is 40.2 Å². The molecule has 1 aromatic heterocycles. The molecule has 0 aliphatic heterocycles. The van der Waals surface area contributed by atoms with Gasteiger partial charge in [0.1, 0.15) is 0 Å². The third-order valence-electron chi connectivity index (χ3n) is 2.74. The van der Waals surface area contributed by atoms with Gasteiger partial charge < -0.3 is 4.90 Å². The van der Waals surface area contributed by atoms with Gasteiger partial charge in [-0.25, -0.2) is 0 Å². The lowest BCUT2D eigenvalue weighted by Crippen LogP contribution is -2.26. The Bertz CT molecular complexity index is 661. The molecule has 2 aromatic rings. The van der Waals surface area contributed by atoms with Crippen molar-refractivity contribution in [2.75, 3.05) is 11.9 Å². The summed E-state index contributed by atoms with van der Waals surface area (Å²) >= 11 is 3.09. The third-order valence-corrected chi connectivity index (χ3v) is 3.42. The Morgan fingerprint density at radius 1 is 1.30 bits per heavy atom. The van der Waals surface area contributed by atoms with Crippen LogP contribution >= 0.6 is 15.9 Å². The van der Waals surface area contributed by atoms with Crippen molar-refractivity contribution in [1.29, 1.82) is 0 Å². The number of carbonyl (C=O) groups excluding carboxylic acids is 1. The second kappa shape index (κ2) is 5.79. The number of pyridine rings is 1.